The van der Waals surface area contributed by atoms with E-state index < -0.39 is 0 Å². The van der Waals surface area contributed by atoms with Gasteiger partial charge in [0.05, 0.1) is 11.2 Å². The Kier molecular flexibility index (Phi) is 7.54. The first-order valence-corrected chi connectivity index (χ1v) is 11.5. The first-order chi connectivity index (χ1) is 16.1. The molecule has 33 heavy (non-hydrogen) atoms. The number of carbonyl (C=O) groups is 1. The van der Waals surface area contributed by atoms with Crippen molar-refractivity contribution in [1.29, 1.82) is 0 Å². The highest BCUT2D eigenvalue weighted by Crippen LogP contribution is 2.24. The molecular weight excluding hydrogens is 430 g/mol. The van der Waals surface area contributed by atoms with Crippen molar-refractivity contribution in [2.75, 3.05) is 0 Å². The molecule has 0 radical (unpaired) electrons. The maximum Gasteiger partial charge on any atom is 0.293 e. The van der Waals surface area contributed by atoms with Gasteiger partial charge in [-0.05, 0) is 65.3 Å². The third-order valence-electron chi connectivity index (χ3n) is 5.87. The second kappa shape index (κ2) is 10.9. The first-order valence-electron chi connectivity index (χ1n) is 11.1. The summed E-state index contributed by atoms with van der Waals surface area (Å²) >= 11 is 6.11. The summed E-state index contributed by atoms with van der Waals surface area (Å²) in [6.07, 6.45) is 6.08. The smallest absolute Gasteiger partial charge is 0.293 e. The van der Waals surface area contributed by atoms with Gasteiger partial charge in [-0.2, -0.15) is 0 Å². The summed E-state index contributed by atoms with van der Waals surface area (Å²) in [7, 11) is 0. The van der Waals surface area contributed by atoms with Gasteiger partial charge >= 0.3 is 0 Å². The van der Waals surface area contributed by atoms with Gasteiger partial charge in [0.25, 0.3) is 6.47 Å². The Balaban J connectivity index is 1.44. The summed E-state index contributed by atoms with van der Waals surface area (Å²) in [5, 5.41) is 1.77. The normalized spacial score (nSPS) is 12.2. The largest absolute Gasteiger partial charge is 0.463 e. The van der Waals surface area contributed by atoms with Crippen LogP contribution in [0.15, 0.2) is 78.9 Å². The summed E-state index contributed by atoms with van der Waals surface area (Å²) < 4.78 is 4.96. The number of rotatable bonds is 9. The van der Waals surface area contributed by atoms with Crippen molar-refractivity contribution in [2.24, 2.45) is 0 Å². The number of pyridine rings is 1. The van der Waals surface area contributed by atoms with E-state index in [0.29, 0.717) is 24.0 Å². The Morgan fingerprint density at radius 3 is 2.61 bits per heavy atom. The average molecular weight is 456 g/mol. The molecule has 1 aromatic heterocycles. The molecule has 0 bridgehead atoms. The Bertz CT molecular complexity index is 1280. The lowest BCUT2D eigenvalue weighted by Crippen LogP contribution is -2.01. The lowest BCUT2D eigenvalue weighted by molar-refractivity contribution is -0.129. The fourth-order valence-corrected chi connectivity index (χ4v) is 4.12. The quantitative estimate of drug-likeness (QED) is 0.246. The molecule has 1 heterocycles. The summed E-state index contributed by atoms with van der Waals surface area (Å²) in [4.78, 5) is 15.2. The molecule has 3 aromatic carbocycles. The lowest BCUT2D eigenvalue weighted by atomic mass is 9.91. The van der Waals surface area contributed by atoms with Gasteiger partial charge in [-0.25, -0.2) is 4.98 Å². The van der Waals surface area contributed by atoms with E-state index in [9.17, 15) is 4.79 Å². The Morgan fingerprint density at radius 2 is 1.76 bits per heavy atom. The molecule has 0 aliphatic rings. The van der Waals surface area contributed by atoms with E-state index in [1.165, 1.54) is 11.1 Å². The molecule has 0 aliphatic carbocycles. The third kappa shape index (κ3) is 6.09. The number of aromatic nitrogens is 1. The maximum atomic E-state index is 10.6. The molecule has 0 spiro atoms. The number of hydrogen-bond donors (Lipinski definition) is 0. The van der Waals surface area contributed by atoms with Crippen molar-refractivity contribution in [1.82, 2.24) is 4.98 Å². The van der Waals surface area contributed by atoms with Crippen LogP contribution in [0.1, 0.15) is 47.2 Å². The van der Waals surface area contributed by atoms with Gasteiger partial charge in [0.15, 0.2) is 0 Å². The Hall–Kier alpha value is -3.43. The minimum Gasteiger partial charge on any atom is -0.463 e. The summed E-state index contributed by atoms with van der Waals surface area (Å²) in [5.74, 6) is 0.402. The predicted octanol–water partition coefficient (Wildman–Crippen LogP) is 7.47. The molecule has 1 unspecified atom stereocenters. The monoisotopic (exact) mass is 455 g/mol. The van der Waals surface area contributed by atoms with E-state index in [2.05, 4.69) is 49.4 Å². The second-order valence-corrected chi connectivity index (χ2v) is 8.63. The minimum atomic E-state index is 0.323. The molecule has 0 fully saturated rings. The maximum absolute atomic E-state index is 10.6. The molecule has 166 valence electrons. The molecular formula is C29H26ClNO2. The third-order valence-corrected chi connectivity index (χ3v) is 6.11. The molecule has 0 saturated heterocycles. The van der Waals surface area contributed by atoms with E-state index in [4.69, 9.17) is 21.3 Å². The van der Waals surface area contributed by atoms with E-state index in [-0.39, 0.29) is 0 Å². The molecule has 3 nitrogen and oxygen atoms in total. The number of fused-ring (bicyclic) bond motifs is 1. The zero-order chi connectivity index (χ0) is 23.0. The van der Waals surface area contributed by atoms with Crippen LogP contribution in [0.2, 0.25) is 5.02 Å². The highest BCUT2D eigenvalue weighted by molar-refractivity contribution is 6.31. The number of nitrogens with zero attached hydrogens (tertiary/aromatic N) is 1. The second-order valence-electron chi connectivity index (χ2n) is 8.19. The fourth-order valence-electron chi connectivity index (χ4n) is 3.95. The molecule has 4 heteroatoms. The number of carbonyl (C=O) groups excluding carboxylic acids is 1. The van der Waals surface area contributed by atoms with Gasteiger partial charge in [-0.1, -0.05) is 85.3 Å². The van der Waals surface area contributed by atoms with Gasteiger partial charge in [0, 0.05) is 10.4 Å². The number of aryl methyl sites for hydroxylation is 1. The van der Waals surface area contributed by atoms with Crippen LogP contribution in [0, 0.1) is 0 Å². The van der Waals surface area contributed by atoms with Crippen LogP contribution in [-0.4, -0.2) is 11.5 Å². The van der Waals surface area contributed by atoms with Crippen LogP contribution in [-0.2, 0) is 22.6 Å². The molecule has 0 aliphatic heterocycles. The van der Waals surface area contributed by atoms with Crippen LogP contribution >= 0.6 is 11.6 Å². The van der Waals surface area contributed by atoms with Gasteiger partial charge < -0.3 is 4.74 Å². The minimum absolute atomic E-state index is 0.323. The van der Waals surface area contributed by atoms with Crippen LogP contribution in [0.5, 0.6) is 0 Å². The van der Waals surface area contributed by atoms with Crippen molar-refractivity contribution in [2.45, 2.75) is 32.3 Å². The molecule has 4 aromatic rings. The topological polar surface area (TPSA) is 39.2 Å². The number of hydrogen-bond acceptors (Lipinski definition) is 3. The van der Waals surface area contributed by atoms with Crippen LogP contribution in [0.4, 0.5) is 0 Å². The van der Waals surface area contributed by atoms with Gasteiger partial charge in [-0.3, -0.25) is 4.79 Å². The van der Waals surface area contributed by atoms with E-state index in [0.717, 1.165) is 40.6 Å². The average Bonchev–Trinajstić information content (AvgIpc) is 2.85. The highest BCUT2D eigenvalue weighted by Gasteiger charge is 2.09. The van der Waals surface area contributed by atoms with Crippen molar-refractivity contribution >= 4 is 41.1 Å². The van der Waals surface area contributed by atoms with Crippen molar-refractivity contribution < 1.29 is 9.53 Å². The SMILES string of the molecule is CC(CCc1ccccc1COC=O)c1cccc(/C=C/c2ccc3ccc(Cl)cc3n2)c1. The van der Waals surface area contributed by atoms with Crippen LogP contribution in [0.25, 0.3) is 23.1 Å². The number of benzene rings is 3. The van der Waals surface area contributed by atoms with E-state index >= 15 is 0 Å². The van der Waals surface area contributed by atoms with Crippen LogP contribution in [0.3, 0.4) is 0 Å². The van der Waals surface area contributed by atoms with Gasteiger partial charge in [0.2, 0.25) is 0 Å². The Morgan fingerprint density at radius 1 is 0.939 bits per heavy atom. The summed E-state index contributed by atoms with van der Waals surface area (Å²) in [6.45, 7) is 3.08. The van der Waals surface area contributed by atoms with E-state index in [1.54, 1.807) is 0 Å². The number of halogens is 1. The van der Waals surface area contributed by atoms with Gasteiger partial charge in [0.1, 0.15) is 6.61 Å². The molecule has 0 amide bonds. The predicted molar refractivity (Wildman–Crippen MR) is 136 cm³/mol. The lowest BCUT2D eigenvalue weighted by Gasteiger charge is -2.14. The summed E-state index contributed by atoms with van der Waals surface area (Å²) in [6, 6.07) is 26.6. The Labute approximate surface area is 199 Å². The highest BCUT2D eigenvalue weighted by atomic mass is 35.5. The van der Waals surface area contributed by atoms with Crippen molar-refractivity contribution in [3.63, 3.8) is 0 Å². The van der Waals surface area contributed by atoms with Crippen molar-refractivity contribution in [3.05, 3.63) is 112 Å². The molecule has 0 saturated carbocycles. The molecule has 1 atom stereocenters. The fraction of sp³-hybridized carbons (Fsp3) is 0.172. The zero-order valence-corrected chi connectivity index (χ0v) is 19.3. The first kappa shape index (κ1) is 22.8. The standard InChI is InChI=1S/C29H26ClNO2/c1-21(9-11-23-6-2-3-7-26(23)19-33-20-32)25-8-4-5-22(17-25)10-15-28-16-13-24-12-14-27(30)18-29(24)31-28/h2-8,10,12-18,20-21H,9,11,19H2,1H3/b15-10+. The van der Waals surface area contributed by atoms with Gasteiger partial charge in [-0.15, -0.1) is 0 Å². The molecule has 0 N–H and O–H groups in total. The number of ether oxygens (including phenoxy) is 1. The van der Waals surface area contributed by atoms with E-state index in [1.807, 2.05) is 48.5 Å². The van der Waals surface area contributed by atoms with Crippen LogP contribution < -0.4 is 0 Å². The molecule has 4 rings (SSSR count). The zero-order valence-electron chi connectivity index (χ0n) is 18.6. The summed E-state index contributed by atoms with van der Waals surface area (Å²) in [5.41, 5.74) is 6.54. The van der Waals surface area contributed by atoms with Crippen molar-refractivity contribution in [3.8, 4) is 0 Å².